The van der Waals surface area contributed by atoms with Crippen molar-refractivity contribution in [1.82, 2.24) is 19.8 Å². The van der Waals surface area contributed by atoms with Gasteiger partial charge in [0.2, 0.25) is 0 Å². The first kappa shape index (κ1) is 32.5. The first-order valence-electron chi connectivity index (χ1n) is 19.5. The molecule has 0 saturated carbocycles. The van der Waals surface area contributed by atoms with Gasteiger partial charge in [-0.3, -0.25) is 5.32 Å². The van der Waals surface area contributed by atoms with Gasteiger partial charge in [0, 0.05) is 38.5 Å². The van der Waals surface area contributed by atoms with Gasteiger partial charge in [0.1, 0.15) is 18.2 Å². The zero-order chi connectivity index (χ0) is 37.0. The summed E-state index contributed by atoms with van der Waals surface area (Å²) in [5.74, 6) is 0.915. The van der Waals surface area contributed by atoms with E-state index in [1.807, 2.05) is 0 Å². The molecule has 2 aliphatic rings. The molecule has 2 aromatic heterocycles. The molecule has 0 radical (unpaired) electrons. The molecule has 0 spiro atoms. The Balaban J connectivity index is 1.06. The van der Waals surface area contributed by atoms with E-state index in [0.717, 1.165) is 46.8 Å². The summed E-state index contributed by atoms with van der Waals surface area (Å²) in [6.07, 6.45) is 8.41. The maximum atomic E-state index is 5.29. The first-order chi connectivity index (χ1) is 27.8. The molecule has 0 saturated heterocycles. The zero-order valence-corrected chi connectivity index (χ0v) is 30.8. The van der Waals surface area contributed by atoms with E-state index in [2.05, 4.69) is 208 Å². The predicted molar refractivity (Wildman–Crippen MR) is 233 cm³/mol. The minimum atomic E-state index is -0.235. The Kier molecular flexibility index (Phi) is 7.78. The standard InChI is InChI=1S/C51H39N5/c1-4-16-34(17-5-1)36-20-14-21-37(30-36)50-52-49(35-18-6-2-7-19-35)53-51(54-50)38-22-15-25-40(31-38)56-46-29-13-11-27-42(46)44-32-43-41-26-10-12-28-45(41)55(47(43)33-48(44)56)39-23-8-3-9-24-39/h1,3-6,8-33,50-51,54H,2,7H2,(H,52,53). The van der Waals surface area contributed by atoms with Crippen molar-refractivity contribution in [2.75, 3.05) is 0 Å². The van der Waals surface area contributed by atoms with Gasteiger partial charge in [-0.15, -0.1) is 0 Å². The van der Waals surface area contributed by atoms with E-state index in [4.69, 9.17) is 4.99 Å². The summed E-state index contributed by atoms with van der Waals surface area (Å²) in [6.45, 7) is 0. The molecular formula is C51H39N5. The van der Waals surface area contributed by atoms with Crippen LogP contribution in [0.15, 0.2) is 199 Å². The van der Waals surface area contributed by atoms with Gasteiger partial charge in [0.15, 0.2) is 0 Å². The molecule has 2 unspecified atom stereocenters. The highest BCUT2D eigenvalue weighted by Crippen LogP contribution is 2.40. The number of aromatic nitrogens is 2. The Morgan fingerprint density at radius 3 is 1.84 bits per heavy atom. The molecule has 5 heteroatoms. The largest absolute Gasteiger partial charge is 0.350 e. The van der Waals surface area contributed by atoms with E-state index in [1.165, 1.54) is 54.7 Å². The fraction of sp³-hybridized carbons (Fsp3) is 0.0784. The van der Waals surface area contributed by atoms with Crippen LogP contribution in [0.25, 0.3) is 66.1 Å². The van der Waals surface area contributed by atoms with Gasteiger partial charge in [-0.05, 0) is 89.7 Å². The highest BCUT2D eigenvalue weighted by molar-refractivity contribution is 6.19. The lowest BCUT2D eigenvalue weighted by molar-refractivity contribution is 0.409. The fourth-order valence-electron chi connectivity index (χ4n) is 8.76. The lowest BCUT2D eigenvalue weighted by atomic mass is 10.0. The van der Waals surface area contributed by atoms with Gasteiger partial charge in [-0.1, -0.05) is 133 Å². The molecular weight excluding hydrogens is 683 g/mol. The number of rotatable bonds is 6. The van der Waals surface area contributed by atoms with Crippen LogP contribution in [0.1, 0.15) is 36.3 Å². The summed E-state index contributed by atoms with van der Waals surface area (Å²) in [4.78, 5) is 5.29. The van der Waals surface area contributed by atoms with Crippen molar-refractivity contribution in [3.05, 3.63) is 205 Å². The molecule has 9 aromatic rings. The Bertz CT molecular complexity index is 3040. The average Bonchev–Trinajstić information content (AvgIpc) is 3.78. The topological polar surface area (TPSA) is 46.3 Å². The third kappa shape index (κ3) is 5.47. The quantitative estimate of drug-likeness (QED) is 0.180. The fourth-order valence-corrected chi connectivity index (χ4v) is 8.76. The van der Waals surface area contributed by atoms with Crippen LogP contribution in [0.4, 0.5) is 0 Å². The predicted octanol–water partition coefficient (Wildman–Crippen LogP) is 12.1. The van der Waals surface area contributed by atoms with Gasteiger partial charge in [-0.25, -0.2) is 4.99 Å². The molecule has 2 N–H and O–H groups in total. The lowest BCUT2D eigenvalue weighted by Gasteiger charge is -2.33. The third-order valence-corrected chi connectivity index (χ3v) is 11.4. The monoisotopic (exact) mass is 721 g/mol. The van der Waals surface area contributed by atoms with E-state index in [9.17, 15) is 0 Å². The maximum absolute atomic E-state index is 5.29. The summed E-state index contributed by atoms with van der Waals surface area (Å²) in [5.41, 5.74) is 12.8. The molecule has 1 aliphatic carbocycles. The first-order valence-corrected chi connectivity index (χ1v) is 19.5. The van der Waals surface area contributed by atoms with E-state index in [0.29, 0.717) is 0 Å². The summed E-state index contributed by atoms with van der Waals surface area (Å²) >= 11 is 0. The molecule has 2 atom stereocenters. The molecule has 0 fully saturated rings. The number of hydrogen-bond acceptors (Lipinski definition) is 3. The number of nitrogens with zero attached hydrogens (tertiary/aromatic N) is 3. The smallest absolute Gasteiger partial charge is 0.131 e. The number of nitrogens with one attached hydrogen (secondary N) is 2. The highest BCUT2D eigenvalue weighted by atomic mass is 15.3. The molecule has 7 aromatic carbocycles. The SMILES string of the molecule is C1=CC(C2=NC(c3cccc(-c4ccccc4)c3)NC(c3cccc(-n4c5ccccc5c5cc6c7ccccc7n(-c7ccccc7)c6cc54)c3)N2)=CCC1. The highest BCUT2D eigenvalue weighted by Gasteiger charge is 2.27. The Morgan fingerprint density at radius 2 is 1.11 bits per heavy atom. The normalized spacial score (nSPS) is 17.0. The second-order valence-electron chi connectivity index (χ2n) is 14.8. The summed E-state index contributed by atoms with van der Waals surface area (Å²) in [5, 5.41) is 12.7. The molecule has 3 heterocycles. The maximum Gasteiger partial charge on any atom is 0.131 e. The number of benzene rings is 7. The van der Waals surface area contributed by atoms with E-state index >= 15 is 0 Å². The molecule has 56 heavy (non-hydrogen) atoms. The summed E-state index contributed by atoms with van der Waals surface area (Å²) in [6, 6.07) is 61.4. The molecule has 11 rings (SSSR count). The number of para-hydroxylation sites is 3. The van der Waals surface area contributed by atoms with Gasteiger partial charge in [-0.2, -0.15) is 0 Å². The van der Waals surface area contributed by atoms with Crippen molar-refractivity contribution in [2.24, 2.45) is 4.99 Å². The van der Waals surface area contributed by atoms with Crippen LogP contribution in [-0.2, 0) is 0 Å². The van der Waals surface area contributed by atoms with Crippen molar-refractivity contribution in [3.8, 4) is 22.5 Å². The minimum Gasteiger partial charge on any atom is -0.350 e. The molecule has 1 aliphatic heterocycles. The van der Waals surface area contributed by atoms with Crippen LogP contribution in [0.2, 0.25) is 0 Å². The van der Waals surface area contributed by atoms with Crippen LogP contribution < -0.4 is 10.6 Å². The summed E-state index contributed by atoms with van der Waals surface area (Å²) < 4.78 is 4.84. The van der Waals surface area contributed by atoms with Gasteiger partial charge >= 0.3 is 0 Å². The van der Waals surface area contributed by atoms with Gasteiger partial charge < -0.3 is 14.5 Å². The Morgan fingerprint density at radius 1 is 0.482 bits per heavy atom. The van der Waals surface area contributed by atoms with Crippen molar-refractivity contribution in [3.63, 3.8) is 0 Å². The van der Waals surface area contributed by atoms with E-state index in [1.54, 1.807) is 0 Å². The van der Waals surface area contributed by atoms with Crippen molar-refractivity contribution in [2.45, 2.75) is 25.2 Å². The zero-order valence-electron chi connectivity index (χ0n) is 30.8. The Labute approximate surface area is 325 Å². The van der Waals surface area contributed by atoms with Crippen LogP contribution >= 0.6 is 0 Å². The van der Waals surface area contributed by atoms with Gasteiger partial charge in [0.25, 0.3) is 0 Å². The number of amidine groups is 1. The van der Waals surface area contributed by atoms with Crippen LogP contribution in [0.3, 0.4) is 0 Å². The third-order valence-electron chi connectivity index (χ3n) is 11.4. The van der Waals surface area contributed by atoms with Crippen LogP contribution in [0, 0.1) is 0 Å². The van der Waals surface area contributed by atoms with Crippen molar-refractivity contribution in [1.29, 1.82) is 0 Å². The second-order valence-corrected chi connectivity index (χ2v) is 14.8. The van der Waals surface area contributed by atoms with Crippen molar-refractivity contribution < 1.29 is 0 Å². The van der Waals surface area contributed by atoms with Crippen LogP contribution in [0.5, 0.6) is 0 Å². The molecule has 0 bridgehead atoms. The van der Waals surface area contributed by atoms with Crippen LogP contribution in [-0.4, -0.2) is 15.0 Å². The molecule has 0 amide bonds. The number of hydrogen-bond donors (Lipinski definition) is 2. The number of allylic oxidation sites excluding steroid dienone is 2. The van der Waals surface area contributed by atoms with E-state index < -0.39 is 0 Å². The minimum absolute atomic E-state index is 0.176. The second kappa shape index (κ2) is 13.4. The average molecular weight is 722 g/mol. The molecule has 268 valence electrons. The summed E-state index contributed by atoms with van der Waals surface area (Å²) in [7, 11) is 0. The number of aliphatic imine (C=N–C) groups is 1. The van der Waals surface area contributed by atoms with Gasteiger partial charge in [0.05, 0.1) is 22.1 Å². The van der Waals surface area contributed by atoms with E-state index in [-0.39, 0.29) is 12.3 Å². The number of fused-ring (bicyclic) bond motifs is 6. The van der Waals surface area contributed by atoms with Crippen molar-refractivity contribution >= 4 is 49.4 Å². The molecule has 5 nitrogen and oxygen atoms in total. The lowest BCUT2D eigenvalue weighted by Crippen LogP contribution is -2.45. The Hall–Kier alpha value is -6.95.